The molecule has 0 spiro atoms. The highest BCUT2D eigenvalue weighted by atomic mass is 127. The SMILES string of the molecule is CCNC(=NCc1nnc2n1CCCC2)NCCCC(C)C.I. The maximum atomic E-state index is 4.65. The van der Waals surface area contributed by atoms with Crippen molar-refractivity contribution in [2.45, 2.75) is 66.0 Å². The minimum atomic E-state index is 0. The van der Waals surface area contributed by atoms with Gasteiger partial charge < -0.3 is 15.2 Å². The maximum Gasteiger partial charge on any atom is 0.191 e. The van der Waals surface area contributed by atoms with Crippen LogP contribution in [-0.2, 0) is 19.5 Å². The second-order valence-electron chi connectivity index (χ2n) is 6.30. The zero-order chi connectivity index (χ0) is 15.8. The fraction of sp³-hybridized carbons (Fsp3) is 0.812. The van der Waals surface area contributed by atoms with E-state index in [0.717, 1.165) is 49.6 Å². The summed E-state index contributed by atoms with van der Waals surface area (Å²) in [6.45, 7) is 10.1. The third-order valence-corrected chi connectivity index (χ3v) is 3.91. The van der Waals surface area contributed by atoms with Crippen LogP contribution < -0.4 is 10.6 Å². The number of hydrogen-bond acceptors (Lipinski definition) is 3. The molecule has 0 fully saturated rings. The number of hydrogen-bond donors (Lipinski definition) is 2. The third-order valence-electron chi connectivity index (χ3n) is 3.91. The summed E-state index contributed by atoms with van der Waals surface area (Å²) in [6, 6.07) is 0. The van der Waals surface area contributed by atoms with Gasteiger partial charge in [-0.15, -0.1) is 34.2 Å². The van der Waals surface area contributed by atoms with Gasteiger partial charge in [-0.05, 0) is 38.5 Å². The lowest BCUT2D eigenvalue weighted by Gasteiger charge is -2.15. The normalized spacial score (nSPS) is 14.3. The molecule has 2 rings (SSSR count). The summed E-state index contributed by atoms with van der Waals surface area (Å²) in [5.74, 6) is 3.73. The van der Waals surface area contributed by atoms with Crippen molar-refractivity contribution in [1.29, 1.82) is 0 Å². The summed E-state index contributed by atoms with van der Waals surface area (Å²) in [5, 5.41) is 15.3. The molecule has 1 aromatic heterocycles. The van der Waals surface area contributed by atoms with Crippen LogP contribution >= 0.6 is 24.0 Å². The molecule has 0 unspecified atom stereocenters. The maximum absolute atomic E-state index is 4.65. The lowest BCUT2D eigenvalue weighted by atomic mass is 10.1. The number of nitrogens with zero attached hydrogens (tertiary/aromatic N) is 4. The molecule has 0 saturated carbocycles. The standard InChI is InChI=1S/C16H30N6.HI/c1-4-17-16(18-10-7-8-13(2)3)19-12-15-21-20-14-9-5-6-11-22(14)15;/h13H,4-12H2,1-3H3,(H2,17,18,19);1H. The third kappa shape index (κ3) is 6.64. The van der Waals surface area contributed by atoms with Gasteiger partial charge in [0, 0.05) is 26.1 Å². The highest BCUT2D eigenvalue weighted by Gasteiger charge is 2.15. The topological polar surface area (TPSA) is 67.1 Å². The summed E-state index contributed by atoms with van der Waals surface area (Å²) >= 11 is 0. The molecule has 2 heterocycles. The quantitative estimate of drug-likeness (QED) is 0.300. The fourth-order valence-electron chi connectivity index (χ4n) is 2.69. The lowest BCUT2D eigenvalue weighted by molar-refractivity contribution is 0.508. The smallest absolute Gasteiger partial charge is 0.191 e. The first-order chi connectivity index (χ1) is 10.7. The predicted molar refractivity (Wildman–Crippen MR) is 105 cm³/mol. The summed E-state index contributed by atoms with van der Waals surface area (Å²) in [4.78, 5) is 4.65. The van der Waals surface area contributed by atoms with Crippen LogP contribution in [0.2, 0.25) is 0 Å². The van der Waals surface area contributed by atoms with Crippen molar-refractivity contribution in [3.8, 4) is 0 Å². The lowest BCUT2D eigenvalue weighted by Crippen LogP contribution is -2.37. The minimum absolute atomic E-state index is 0. The van der Waals surface area contributed by atoms with E-state index in [1.807, 2.05) is 0 Å². The van der Waals surface area contributed by atoms with Crippen molar-refractivity contribution < 1.29 is 0 Å². The van der Waals surface area contributed by atoms with E-state index < -0.39 is 0 Å². The summed E-state index contributed by atoms with van der Waals surface area (Å²) in [7, 11) is 0. The molecule has 132 valence electrons. The molecule has 23 heavy (non-hydrogen) atoms. The first-order valence-corrected chi connectivity index (χ1v) is 8.63. The summed E-state index contributed by atoms with van der Waals surface area (Å²) in [6.07, 6.45) is 5.90. The van der Waals surface area contributed by atoms with Gasteiger partial charge in [-0.3, -0.25) is 0 Å². The minimum Gasteiger partial charge on any atom is -0.357 e. The number of nitrogens with one attached hydrogen (secondary N) is 2. The van der Waals surface area contributed by atoms with Crippen LogP contribution in [0.1, 0.15) is 58.1 Å². The number of guanidine groups is 1. The monoisotopic (exact) mass is 434 g/mol. The molecule has 6 nitrogen and oxygen atoms in total. The van der Waals surface area contributed by atoms with Gasteiger partial charge >= 0.3 is 0 Å². The van der Waals surface area contributed by atoms with E-state index in [0.29, 0.717) is 6.54 Å². The molecular weight excluding hydrogens is 403 g/mol. The van der Waals surface area contributed by atoms with Crippen molar-refractivity contribution in [2.75, 3.05) is 13.1 Å². The van der Waals surface area contributed by atoms with Gasteiger partial charge in [0.1, 0.15) is 12.4 Å². The van der Waals surface area contributed by atoms with Crippen molar-refractivity contribution in [1.82, 2.24) is 25.4 Å². The first kappa shape index (κ1) is 20.2. The molecule has 1 aliphatic rings. The number of fused-ring (bicyclic) bond motifs is 1. The molecule has 1 aliphatic heterocycles. The Labute approximate surface area is 157 Å². The van der Waals surface area contributed by atoms with Gasteiger partial charge in [0.2, 0.25) is 0 Å². The predicted octanol–water partition coefficient (Wildman–Crippen LogP) is 2.72. The van der Waals surface area contributed by atoms with E-state index in [4.69, 9.17) is 0 Å². The Balaban J connectivity index is 0.00000264. The highest BCUT2D eigenvalue weighted by Crippen LogP contribution is 2.14. The Morgan fingerprint density at radius 2 is 2.09 bits per heavy atom. The largest absolute Gasteiger partial charge is 0.357 e. The molecule has 0 amide bonds. The molecule has 0 bridgehead atoms. The van der Waals surface area contributed by atoms with Crippen molar-refractivity contribution in [3.05, 3.63) is 11.6 Å². The molecule has 1 aromatic rings. The molecule has 7 heteroatoms. The zero-order valence-electron chi connectivity index (χ0n) is 14.6. The van der Waals surface area contributed by atoms with E-state index in [1.165, 1.54) is 25.7 Å². The second kappa shape index (κ2) is 10.8. The van der Waals surface area contributed by atoms with Crippen LogP contribution in [0.25, 0.3) is 0 Å². The Morgan fingerprint density at radius 3 is 2.83 bits per heavy atom. The van der Waals surface area contributed by atoms with Crippen LogP contribution in [0.5, 0.6) is 0 Å². The summed E-state index contributed by atoms with van der Waals surface area (Å²) in [5.41, 5.74) is 0. The van der Waals surface area contributed by atoms with Crippen molar-refractivity contribution in [3.63, 3.8) is 0 Å². The van der Waals surface area contributed by atoms with Crippen molar-refractivity contribution >= 4 is 29.9 Å². The molecule has 0 saturated heterocycles. The molecule has 0 aromatic carbocycles. The molecule has 0 atom stereocenters. The first-order valence-electron chi connectivity index (χ1n) is 8.63. The van der Waals surface area contributed by atoms with Gasteiger partial charge in [0.15, 0.2) is 11.8 Å². The Hall–Kier alpha value is -0.860. The van der Waals surface area contributed by atoms with E-state index >= 15 is 0 Å². The molecule has 0 aliphatic carbocycles. The van der Waals surface area contributed by atoms with Gasteiger partial charge in [-0.25, -0.2) is 4.99 Å². The number of halogens is 1. The van der Waals surface area contributed by atoms with Gasteiger partial charge in [0.05, 0.1) is 0 Å². The van der Waals surface area contributed by atoms with Crippen LogP contribution in [0.4, 0.5) is 0 Å². The van der Waals surface area contributed by atoms with Gasteiger partial charge in [-0.1, -0.05) is 13.8 Å². The second-order valence-corrected chi connectivity index (χ2v) is 6.30. The van der Waals surface area contributed by atoms with Crippen LogP contribution in [0.15, 0.2) is 4.99 Å². The molecule has 2 N–H and O–H groups in total. The summed E-state index contributed by atoms with van der Waals surface area (Å²) < 4.78 is 2.23. The zero-order valence-corrected chi connectivity index (χ0v) is 17.0. The number of rotatable bonds is 7. The van der Waals surface area contributed by atoms with Crippen molar-refractivity contribution in [2.24, 2.45) is 10.9 Å². The van der Waals surface area contributed by atoms with E-state index in [9.17, 15) is 0 Å². The van der Waals surface area contributed by atoms with Gasteiger partial charge in [-0.2, -0.15) is 0 Å². The number of aromatic nitrogens is 3. The van der Waals surface area contributed by atoms with E-state index in [1.54, 1.807) is 0 Å². The Kier molecular flexibility index (Phi) is 9.50. The van der Waals surface area contributed by atoms with E-state index in [-0.39, 0.29) is 24.0 Å². The van der Waals surface area contributed by atoms with Crippen LogP contribution in [0, 0.1) is 5.92 Å². The fourth-order valence-corrected chi connectivity index (χ4v) is 2.69. The number of aliphatic imine (C=N–C) groups is 1. The average Bonchev–Trinajstić information content (AvgIpc) is 2.92. The molecular formula is C16H31IN6. The van der Waals surface area contributed by atoms with Crippen LogP contribution in [-0.4, -0.2) is 33.8 Å². The Morgan fingerprint density at radius 1 is 1.26 bits per heavy atom. The molecule has 0 radical (unpaired) electrons. The highest BCUT2D eigenvalue weighted by molar-refractivity contribution is 14.0. The number of aryl methyl sites for hydroxylation is 1. The average molecular weight is 434 g/mol. The van der Waals surface area contributed by atoms with E-state index in [2.05, 4.69) is 51.2 Å². The van der Waals surface area contributed by atoms with Gasteiger partial charge in [0.25, 0.3) is 0 Å². The Bertz CT molecular complexity index is 483. The van der Waals surface area contributed by atoms with Crippen LogP contribution in [0.3, 0.4) is 0 Å².